The molecule has 0 saturated carbocycles. The van der Waals surface area contributed by atoms with Crippen LogP contribution in [0.2, 0.25) is 0 Å². The van der Waals surface area contributed by atoms with E-state index in [2.05, 4.69) is 246 Å². The molecule has 13 rings (SSSR count). The fourth-order valence-electron chi connectivity index (χ4n) is 10.8. The number of benzene rings is 10. The maximum Gasteiger partial charge on any atom is 0.159 e. The highest BCUT2D eigenvalue weighted by atomic mass is 16.3. The molecular formula is C61H40N2O. The van der Waals surface area contributed by atoms with Gasteiger partial charge in [0.2, 0.25) is 0 Å². The number of rotatable bonds is 7. The third-order valence-electron chi connectivity index (χ3n) is 13.5. The van der Waals surface area contributed by atoms with E-state index < -0.39 is 5.41 Å². The Labute approximate surface area is 372 Å². The van der Waals surface area contributed by atoms with E-state index in [4.69, 9.17) is 4.42 Å². The number of anilines is 6. The van der Waals surface area contributed by atoms with E-state index in [-0.39, 0.29) is 0 Å². The molecule has 2 aliphatic rings. The standard InChI is InChI=1S/C61H40N2O/c1-4-17-41(18-5-1)42-31-33-45(34-32-42)63(58-29-16-26-53-52-25-12-15-30-59(52)64-60(53)58)47-36-38-51-49-24-11-14-28-55(49)61(57(51)40-47)54-27-13-10-23-48(54)50-37-35-46(39-56(50)61)62(43-19-6-2-7-20-43)44-21-8-3-9-22-44/h1-40H. The molecule has 0 N–H and O–H groups in total. The minimum atomic E-state index is -0.586. The second-order valence-electron chi connectivity index (χ2n) is 16.8. The van der Waals surface area contributed by atoms with Crippen molar-refractivity contribution in [1.82, 2.24) is 0 Å². The number of fused-ring (bicyclic) bond motifs is 13. The van der Waals surface area contributed by atoms with Crippen molar-refractivity contribution < 1.29 is 4.42 Å². The third-order valence-corrected chi connectivity index (χ3v) is 13.5. The first kappa shape index (κ1) is 36.3. The quantitative estimate of drug-likeness (QED) is 0.160. The molecule has 1 spiro atoms. The molecule has 3 heteroatoms. The Morgan fingerprint density at radius 1 is 0.297 bits per heavy atom. The van der Waals surface area contributed by atoms with Crippen molar-refractivity contribution in [3.05, 3.63) is 265 Å². The third kappa shape index (κ3) is 5.34. The summed E-state index contributed by atoms with van der Waals surface area (Å²) >= 11 is 0. The predicted molar refractivity (Wildman–Crippen MR) is 265 cm³/mol. The largest absolute Gasteiger partial charge is 0.454 e. The van der Waals surface area contributed by atoms with Gasteiger partial charge in [-0.05, 0) is 128 Å². The number of hydrogen-bond donors (Lipinski definition) is 0. The van der Waals surface area contributed by atoms with Crippen LogP contribution >= 0.6 is 0 Å². The van der Waals surface area contributed by atoms with Gasteiger partial charge in [-0.3, -0.25) is 0 Å². The zero-order valence-electron chi connectivity index (χ0n) is 34.9. The summed E-state index contributed by atoms with van der Waals surface area (Å²) in [6, 6.07) is 88.2. The van der Waals surface area contributed by atoms with Crippen LogP contribution in [0.25, 0.3) is 55.3 Å². The smallest absolute Gasteiger partial charge is 0.159 e. The molecule has 300 valence electrons. The first-order valence-corrected chi connectivity index (χ1v) is 22.0. The summed E-state index contributed by atoms with van der Waals surface area (Å²) in [7, 11) is 0. The van der Waals surface area contributed by atoms with Crippen molar-refractivity contribution >= 4 is 56.1 Å². The van der Waals surface area contributed by atoms with E-state index in [0.29, 0.717) is 0 Å². The maximum absolute atomic E-state index is 6.79. The minimum Gasteiger partial charge on any atom is -0.454 e. The van der Waals surface area contributed by atoms with E-state index in [1.807, 2.05) is 6.07 Å². The molecule has 3 nitrogen and oxygen atoms in total. The van der Waals surface area contributed by atoms with Gasteiger partial charge in [0.25, 0.3) is 0 Å². The van der Waals surface area contributed by atoms with Gasteiger partial charge < -0.3 is 14.2 Å². The fourth-order valence-corrected chi connectivity index (χ4v) is 10.8. The molecule has 0 radical (unpaired) electrons. The monoisotopic (exact) mass is 816 g/mol. The zero-order valence-corrected chi connectivity index (χ0v) is 34.9. The SMILES string of the molecule is c1ccc(-c2ccc(N(c3ccc4c(c3)C3(c5ccccc5-c5ccc(N(c6ccccc6)c6ccccc6)cc53)c3ccccc3-4)c3cccc4c3oc3ccccc34)cc2)cc1. The number of para-hydroxylation sites is 4. The second kappa shape index (κ2) is 14.3. The van der Waals surface area contributed by atoms with Crippen LogP contribution in [-0.4, -0.2) is 0 Å². The van der Waals surface area contributed by atoms with Crippen LogP contribution < -0.4 is 9.80 Å². The first-order chi connectivity index (χ1) is 31.8. The van der Waals surface area contributed by atoms with E-state index in [1.54, 1.807) is 0 Å². The highest BCUT2D eigenvalue weighted by molar-refractivity contribution is 6.10. The average molecular weight is 817 g/mol. The van der Waals surface area contributed by atoms with Gasteiger partial charge in [0.05, 0.1) is 11.1 Å². The van der Waals surface area contributed by atoms with Crippen molar-refractivity contribution in [3.63, 3.8) is 0 Å². The molecule has 1 heterocycles. The summed E-state index contributed by atoms with van der Waals surface area (Å²) in [6.07, 6.45) is 0. The highest BCUT2D eigenvalue weighted by Crippen LogP contribution is 2.64. The Balaban J connectivity index is 1.07. The number of nitrogens with zero attached hydrogens (tertiary/aromatic N) is 2. The van der Waals surface area contributed by atoms with Gasteiger partial charge >= 0.3 is 0 Å². The lowest BCUT2D eigenvalue weighted by molar-refractivity contribution is 0.669. The topological polar surface area (TPSA) is 19.6 Å². The van der Waals surface area contributed by atoms with Gasteiger partial charge in [-0.15, -0.1) is 0 Å². The van der Waals surface area contributed by atoms with Crippen molar-refractivity contribution in [2.45, 2.75) is 5.41 Å². The van der Waals surface area contributed by atoms with Crippen molar-refractivity contribution in [1.29, 1.82) is 0 Å². The van der Waals surface area contributed by atoms with Crippen LogP contribution in [0.4, 0.5) is 34.1 Å². The first-order valence-electron chi connectivity index (χ1n) is 22.0. The zero-order chi connectivity index (χ0) is 42.2. The molecule has 0 aliphatic heterocycles. The average Bonchev–Trinajstić information content (AvgIpc) is 4.00. The van der Waals surface area contributed by atoms with E-state index in [0.717, 1.165) is 56.1 Å². The Bertz CT molecular complexity index is 3510. The van der Waals surface area contributed by atoms with E-state index in [9.17, 15) is 0 Å². The molecule has 64 heavy (non-hydrogen) atoms. The fraction of sp³-hybridized carbons (Fsp3) is 0.0164. The molecule has 0 amide bonds. The molecule has 0 saturated heterocycles. The van der Waals surface area contributed by atoms with Crippen LogP contribution in [-0.2, 0) is 5.41 Å². The molecule has 1 atom stereocenters. The second-order valence-corrected chi connectivity index (χ2v) is 16.8. The maximum atomic E-state index is 6.79. The Hall–Kier alpha value is -8.40. The van der Waals surface area contributed by atoms with Crippen molar-refractivity contribution in [2.24, 2.45) is 0 Å². The lowest BCUT2D eigenvalue weighted by Gasteiger charge is -2.33. The summed E-state index contributed by atoms with van der Waals surface area (Å²) in [5, 5.41) is 2.20. The Morgan fingerprint density at radius 2 is 0.750 bits per heavy atom. The molecule has 2 aliphatic carbocycles. The molecule has 1 unspecified atom stereocenters. The summed E-state index contributed by atoms with van der Waals surface area (Å²) in [5.74, 6) is 0. The summed E-state index contributed by atoms with van der Waals surface area (Å²) in [5.41, 5.74) is 20.1. The van der Waals surface area contributed by atoms with Crippen LogP contribution in [0.3, 0.4) is 0 Å². The van der Waals surface area contributed by atoms with Gasteiger partial charge in [-0.25, -0.2) is 0 Å². The van der Waals surface area contributed by atoms with Crippen LogP contribution in [0.15, 0.2) is 247 Å². The highest BCUT2D eigenvalue weighted by Gasteiger charge is 2.52. The Morgan fingerprint density at radius 3 is 1.38 bits per heavy atom. The molecule has 11 aromatic rings. The molecule has 1 aromatic heterocycles. The van der Waals surface area contributed by atoms with Gasteiger partial charge in [0, 0.05) is 39.2 Å². The van der Waals surface area contributed by atoms with E-state index in [1.165, 1.54) is 55.6 Å². The summed E-state index contributed by atoms with van der Waals surface area (Å²) in [6.45, 7) is 0. The van der Waals surface area contributed by atoms with Crippen LogP contribution in [0, 0.1) is 0 Å². The van der Waals surface area contributed by atoms with Gasteiger partial charge in [-0.1, -0.05) is 170 Å². The Kier molecular flexibility index (Phi) is 8.13. The molecule has 0 fully saturated rings. The van der Waals surface area contributed by atoms with Gasteiger partial charge in [-0.2, -0.15) is 0 Å². The van der Waals surface area contributed by atoms with Crippen LogP contribution in [0.1, 0.15) is 22.3 Å². The van der Waals surface area contributed by atoms with Crippen molar-refractivity contribution in [2.75, 3.05) is 9.80 Å². The van der Waals surface area contributed by atoms with E-state index >= 15 is 0 Å². The predicted octanol–water partition coefficient (Wildman–Crippen LogP) is 16.5. The van der Waals surface area contributed by atoms with Crippen LogP contribution in [0.5, 0.6) is 0 Å². The molecular weight excluding hydrogens is 777 g/mol. The van der Waals surface area contributed by atoms with Crippen molar-refractivity contribution in [3.8, 4) is 33.4 Å². The number of furan rings is 1. The molecule has 0 bridgehead atoms. The minimum absolute atomic E-state index is 0.586. The number of hydrogen-bond acceptors (Lipinski definition) is 3. The summed E-state index contributed by atoms with van der Waals surface area (Å²) < 4.78 is 6.79. The summed E-state index contributed by atoms with van der Waals surface area (Å²) in [4.78, 5) is 4.77. The lowest BCUT2D eigenvalue weighted by atomic mass is 9.70. The van der Waals surface area contributed by atoms with Gasteiger partial charge in [0.15, 0.2) is 5.58 Å². The lowest BCUT2D eigenvalue weighted by Crippen LogP contribution is -2.26. The molecule has 10 aromatic carbocycles. The normalized spacial score (nSPS) is 14.3. The van der Waals surface area contributed by atoms with Gasteiger partial charge in [0.1, 0.15) is 5.58 Å².